The van der Waals surface area contributed by atoms with Gasteiger partial charge in [-0.3, -0.25) is 4.68 Å². The van der Waals surface area contributed by atoms with E-state index in [-0.39, 0.29) is 0 Å². The molecule has 1 aromatic rings. The lowest BCUT2D eigenvalue weighted by Crippen LogP contribution is -2.39. The van der Waals surface area contributed by atoms with Crippen molar-refractivity contribution < 1.29 is 5.11 Å². The third-order valence-electron chi connectivity index (χ3n) is 2.14. The average molecular weight is 212 g/mol. The molecule has 0 fully saturated rings. The van der Waals surface area contributed by atoms with E-state index >= 15 is 0 Å². The minimum absolute atomic E-state index is 0.362. The van der Waals surface area contributed by atoms with E-state index in [4.69, 9.17) is 0 Å². The lowest BCUT2D eigenvalue weighted by Gasteiger charge is -2.21. The van der Waals surface area contributed by atoms with Crippen LogP contribution >= 0.6 is 0 Å². The van der Waals surface area contributed by atoms with E-state index in [0.717, 1.165) is 13.0 Å². The molecule has 1 heterocycles. The Bertz CT molecular complexity index is 265. The summed E-state index contributed by atoms with van der Waals surface area (Å²) in [6.07, 6.45) is 4.22. The highest BCUT2D eigenvalue weighted by molar-refractivity contribution is 4.72. The summed E-state index contributed by atoms with van der Waals surface area (Å²) in [6.45, 7) is 7.14. The monoisotopic (exact) mass is 212 g/mol. The Balaban J connectivity index is 2.16. The lowest BCUT2D eigenvalue weighted by atomic mass is 10.1. The zero-order chi connectivity index (χ0) is 11.3. The first kappa shape index (κ1) is 12.1. The van der Waals surface area contributed by atoms with Gasteiger partial charge < -0.3 is 10.4 Å². The molecular weight excluding hydrogens is 192 g/mol. The third-order valence-corrected chi connectivity index (χ3v) is 2.14. The SMILES string of the molecule is CC(CCn1cncn1)NCC(C)(C)O. The van der Waals surface area contributed by atoms with Crippen molar-refractivity contribution in [1.29, 1.82) is 0 Å². The van der Waals surface area contributed by atoms with Crippen LogP contribution in [0.3, 0.4) is 0 Å². The van der Waals surface area contributed by atoms with Crippen LogP contribution in [-0.2, 0) is 6.54 Å². The van der Waals surface area contributed by atoms with Gasteiger partial charge in [0.15, 0.2) is 0 Å². The van der Waals surface area contributed by atoms with Crippen molar-refractivity contribution in [3.05, 3.63) is 12.7 Å². The second-order valence-electron chi connectivity index (χ2n) is 4.54. The van der Waals surface area contributed by atoms with Gasteiger partial charge in [-0.15, -0.1) is 0 Å². The first-order valence-electron chi connectivity index (χ1n) is 5.25. The van der Waals surface area contributed by atoms with Crippen molar-refractivity contribution >= 4 is 0 Å². The van der Waals surface area contributed by atoms with Crippen LogP contribution < -0.4 is 5.32 Å². The predicted molar refractivity (Wildman–Crippen MR) is 58.4 cm³/mol. The van der Waals surface area contributed by atoms with Crippen molar-refractivity contribution in [1.82, 2.24) is 20.1 Å². The fourth-order valence-electron chi connectivity index (χ4n) is 1.20. The number of aryl methyl sites for hydroxylation is 1. The van der Waals surface area contributed by atoms with Gasteiger partial charge in [0.25, 0.3) is 0 Å². The molecule has 0 radical (unpaired) electrons. The summed E-state index contributed by atoms with van der Waals surface area (Å²) in [7, 11) is 0. The van der Waals surface area contributed by atoms with Gasteiger partial charge in [-0.1, -0.05) is 0 Å². The van der Waals surface area contributed by atoms with Gasteiger partial charge in [0.2, 0.25) is 0 Å². The molecule has 1 atom stereocenters. The largest absolute Gasteiger partial charge is 0.389 e. The Labute approximate surface area is 90.5 Å². The summed E-state index contributed by atoms with van der Waals surface area (Å²) >= 11 is 0. The Morgan fingerprint density at radius 3 is 2.80 bits per heavy atom. The molecule has 0 spiro atoms. The Hall–Kier alpha value is -0.940. The summed E-state index contributed by atoms with van der Waals surface area (Å²) in [5.74, 6) is 0. The van der Waals surface area contributed by atoms with Crippen LogP contribution in [0.5, 0.6) is 0 Å². The number of hydrogen-bond acceptors (Lipinski definition) is 4. The fourth-order valence-corrected chi connectivity index (χ4v) is 1.20. The number of aliphatic hydroxyl groups is 1. The number of hydrogen-bond donors (Lipinski definition) is 2. The molecule has 2 N–H and O–H groups in total. The van der Waals surface area contributed by atoms with E-state index < -0.39 is 5.60 Å². The molecule has 5 nitrogen and oxygen atoms in total. The Morgan fingerprint density at radius 2 is 2.27 bits per heavy atom. The van der Waals surface area contributed by atoms with Crippen LogP contribution in [0, 0.1) is 0 Å². The molecule has 0 amide bonds. The molecule has 0 aliphatic carbocycles. The molecule has 0 saturated heterocycles. The molecular formula is C10H20N4O. The maximum absolute atomic E-state index is 9.53. The highest BCUT2D eigenvalue weighted by atomic mass is 16.3. The highest BCUT2D eigenvalue weighted by Gasteiger charge is 2.13. The second-order valence-corrected chi connectivity index (χ2v) is 4.54. The van der Waals surface area contributed by atoms with E-state index in [2.05, 4.69) is 22.3 Å². The van der Waals surface area contributed by atoms with Crippen LogP contribution in [0.2, 0.25) is 0 Å². The quantitative estimate of drug-likeness (QED) is 0.717. The van der Waals surface area contributed by atoms with Gasteiger partial charge in [0, 0.05) is 19.1 Å². The third kappa shape index (κ3) is 5.49. The van der Waals surface area contributed by atoms with Crippen molar-refractivity contribution in [2.24, 2.45) is 0 Å². The molecule has 1 rings (SSSR count). The summed E-state index contributed by atoms with van der Waals surface area (Å²) in [5.41, 5.74) is -0.651. The second kappa shape index (κ2) is 5.23. The number of nitrogens with one attached hydrogen (secondary N) is 1. The van der Waals surface area contributed by atoms with Crippen molar-refractivity contribution in [2.45, 2.75) is 45.4 Å². The lowest BCUT2D eigenvalue weighted by molar-refractivity contribution is 0.0765. The molecule has 0 aliphatic rings. The first-order valence-corrected chi connectivity index (χ1v) is 5.25. The molecule has 1 aromatic heterocycles. The minimum Gasteiger partial charge on any atom is -0.389 e. The summed E-state index contributed by atoms with van der Waals surface area (Å²) in [6, 6.07) is 0.362. The maximum atomic E-state index is 9.53. The maximum Gasteiger partial charge on any atom is 0.137 e. The van der Waals surface area contributed by atoms with Crippen molar-refractivity contribution in [3.63, 3.8) is 0 Å². The van der Waals surface area contributed by atoms with E-state index in [1.54, 1.807) is 20.2 Å². The van der Waals surface area contributed by atoms with Gasteiger partial charge in [-0.05, 0) is 27.2 Å². The van der Waals surface area contributed by atoms with Gasteiger partial charge >= 0.3 is 0 Å². The van der Waals surface area contributed by atoms with E-state index in [0.29, 0.717) is 12.6 Å². The highest BCUT2D eigenvalue weighted by Crippen LogP contribution is 2.00. The Kier molecular flexibility index (Phi) is 4.23. The predicted octanol–water partition coefficient (Wildman–Crippen LogP) is 0.417. The van der Waals surface area contributed by atoms with E-state index in [1.807, 2.05) is 4.68 Å². The molecule has 15 heavy (non-hydrogen) atoms. The number of aromatic nitrogens is 3. The van der Waals surface area contributed by atoms with Crippen LogP contribution in [0.25, 0.3) is 0 Å². The average Bonchev–Trinajstić information content (AvgIpc) is 2.62. The van der Waals surface area contributed by atoms with E-state index in [9.17, 15) is 5.11 Å². The topological polar surface area (TPSA) is 63.0 Å². The molecule has 0 bridgehead atoms. The first-order chi connectivity index (χ1) is 6.97. The van der Waals surface area contributed by atoms with Crippen LogP contribution in [0.1, 0.15) is 27.2 Å². The van der Waals surface area contributed by atoms with Crippen molar-refractivity contribution in [2.75, 3.05) is 6.54 Å². The zero-order valence-electron chi connectivity index (χ0n) is 9.64. The van der Waals surface area contributed by atoms with Crippen LogP contribution in [0.4, 0.5) is 0 Å². The summed E-state index contributed by atoms with van der Waals surface area (Å²) in [4.78, 5) is 3.88. The zero-order valence-corrected chi connectivity index (χ0v) is 9.64. The van der Waals surface area contributed by atoms with E-state index in [1.165, 1.54) is 6.33 Å². The van der Waals surface area contributed by atoms with Gasteiger partial charge in [0.05, 0.1) is 5.60 Å². The molecule has 5 heteroatoms. The fraction of sp³-hybridized carbons (Fsp3) is 0.800. The van der Waals surface area contributed by atoms with Gasteiger partial charge in [-0.25, -0.2) is 4.98 Å². The van der Waals surface area contributed by atoms with Gasteiger partial charge in [0.1, 0.15) is 12.7 Å². The molecule has 0 aliphatic heterocycles. The Morgan fingerprint density at radius 1 is 1.53 bits per heavy atom. The molecule has 86 valence electrons. The summed E-state index contributed by atoms with van der Waals surface area (Å²) in [5, 5.41) is 16.8. The van der Waals surface area contributed by atoms with Crippen molar-refractivity contribution in [3.8, 4) is 0 Å². The number of nitrogens with zero attached hydrogens (tertiary/aromatic N) is 3. The summed E-state index contributed by atoms with van der Waals surface area (Å²) < 4.78 is 1.81. The standard InChI is InChI=1S/C10H20N4O/c1-9(12-6-10(2,3)15)4-5-14-8-11-7-13-14/h7-9,12,15H,4-6H2,1-3H3. The molecule has 0 saturated carbocycles. The smallest absolute Gasteiger partial charge is 0.137 e. The van der Waals surface area contributed by atoms with Gasteiger partial charge in [-0.2, -0.15) is 5.10 Å². The molecule has 1 unspecified atom stereocenters. The number of rotatable bonds is 6. The normalized spacial score (nSPS) is 14.1. The molecule has 0 aromatic carbocycles. The minimum atomic E-state index is -0.651. The van der Waals surface area contributed by atoms with Crippen LogP contribution in [-0.4, -0.2) is 38.1 Å². The van der Waals surface area contributed by atoms with Crippen LogP contribution in [0.15, 0.2) is 12.7 Å².